The second kappa shape index (κ2) is 11.5. The van der Waals surface area contributed by atoms with Crippen LogP contribution in [0.15, 0.2) is 24.3 Å². The minimum atomic E-state index is 0. The van der Waals surface area contributed by atoms with E-state index in [9.17, 15) is 4.79 Å². The fourth-order valence-electron chi connectivity index (χ4n) is 2.48. The third-order valence-electron chi connectivity index (χ3n) is 3.82. The lowest BCUT2D eigenvalue weighted by atomic mass is 10.1. The monoisotopic (exact) mass is 363 g/mol. The first-order valence-electron chi connectivity index (χ1n) is 7.61. The lowest BCUT2D eigenvalue weighted by Gasteiger charge is -2.34. The third kappa shape index (κ3) is 7.40. The van der Waals surface area contributed by atoms with Crippen LogP contribution in [-0.2, 0) is 16.0 Å². The molecule has 2 N–H and O–H groups in total. The number of piperazine rings is 1. The zero-order valence-corrected chi connectivity index (χ0v) is 15.2. The number of anilines is 1. The van der Waals surface area contributed by atoms with Crippen LogP contribution in [0, 0.1) is 0 Å². The van der Waals surface area contributed by atoms with Crippen LogP contribution in [0.4, 0.5) is 5.69 Å². The van der Waals surface area contributed by atoms with Gasteiger partial charge in [0.05, 0.1) is 13.0 Å². The maximum absolute atomic E-state index is 12.3. The molecule has 1 fully saturated rings. The summed E-state index contributed by atoms with van der Waals surface area (Å²) >= 11 is 0. The molecule has 1 saturated heterocycles. The average molecular weight is 364 g/mol. The van der Waals surface area contributed by atoms with Crippen molar-refractivity contribution < 1.29 is 9.53 Å². The van der Waals surface area contributed by atoms with Crippen LogP contribution in [0.25, 0.3) is 0 Å². The van der Waals surface area contributed by atoms with Crippen molar-refractivity contribution in [3.63, 3.8) is 0 Å². The van der Waals surface area contributed by atoms with Crippen LogP contribution >= 0.6 is 24.8 Å². The second-order valence-electron chi connectivity index (χ2n) is 5.34. The summed E-state index contributed by atoms with van der Waals surface area (Å²) in [5.41, 5.74) is 7.41. The van der Waals surface area contributed by atoms with Crippen LogP contribution in [0.3, 0.4) is 0 Å². The molecule has 0 aromatic heterocycles. The molecule has 0 bridgehead atoms. The van der Waals surface area contributed by atoms with E-state index in [4.69, 9.17) is 10.5 Å². The van der Waals surface area contributed by atoms with Crippen molar-refractivity contribution in [3.8, 4) is 0 Å². The van der Waals surface area contributed by atoms with Crippen molar-refractivity contribution in [2.45, 2.75) is 13.3 Å². The molecule has 0 radical (unpaired) electrons. The second-order valence-corrected chi connectivity index (χ2v) is 5.34. The number of carbonyl (C=O) groups is 1. The summed E-state index contributed by atoms with van der Waals surface area (Å²) in [6.45, 7) is 7.97. The van der Waals surface area contributed by atoms with E-state index in [0.29, 0.717) is 6.42 Å². The Bertz CT molecular complexity index is 449. The summed E-state index contributed by atoms with van der Waals surface area (Å²) in [5, 5.41) is 0. The lowest BCUT2D eigenvalue weighted by molar-refractivity contribution is -0.132. The fraction of sp³-hybridized carbons (Fsp3) is 0.562. The Morgan fingerprint density at radius 1 is 1.13 bits per heavy atom. The number of rotatable bonds is 6. The van der Waals surface area contributed by atoms with Gasteiger partial charge in [0.15, 0.2) is 0 Å². The Morgan fingerprint density at radius 2 is 1.74 bits per heavy atom. The van der Waals surface area contributed by atoms with E-state index in [1.807, 2.05) is 36.1 Å². The molecule has 0 saturated carbocycles. The SMILES string of the molecule is CCOCCN1CCN(C(=O)Cc2ccc(N)cc2)CC1.Cl.Cl. The third-order valence-corrected chi connectivity index (χ3v) is 3.82. The number of nitrogens with two attached hydrogens (primary N) is 1. The van der Waals surface area contributed by atoms with E-state index in [-0.39, 0.29) is 30.7 Å². The molecule has 2 rings (SSSR count). The Labute approximate surface area is 151 Å². The van der Waals surface area contributed by atoms with E-state index < -0.39 is 0 Å². The van der Waals surface area contributed by atoms with E-state index in [0.717, 1.165) is 57.2 Å². The van der Waals surface area contributed by atoms with Crippen LogP contribution in [0.1, 0.15) is 12.5 Å². The highest BCUT2D eigenvalue weighted by Gasteiger charge is 2.20. The van der Waals surface area contributed by atoms with E-state index in [1.54, 1.807) is 0 Å². The van der Waals surface area contributed by atoms with Gasteiger partial charge in [0.2, 0.25) is 5.91 Å². The molecule has 5 nitrogen and oxygen atoms in total. The topological polar surface area (TPSA) is 58.8 Å². The van der Waals surface area contributed by atoms with Gasteiger partial charge in [0.25, 0.3) is 0 Å². The van der Waals surface area contributed by atoms with Crippen LogP contribution in [0.2, 0.25) is 0 Å². The number of amides is 1. The molecule has 1 aromatic rings. The van der Waals surface area contributed by atoms with E-state index in [2.05, 4.69) is 4.90 Å². The molecule has 0 aliphatic carbocycles. The van der Waals surface area contributed by atoms with Gasteiger partial charge in [-0.15, -0.1) is 24.8 Å². The molecule has 1 aliphatic heterocycles. The molecule has 1 aromatic carbocycles. The largest absolute Gasteiger partial charge is 0.399 e. The van der Waals surface area contributed by atoms with Crippen molar-refractivity contribution in [1.29, 1.82) is 0 Å². The van der Waals surface area contributed by atoms with Gasteiger partial charge in [-0.25, -0.2) is 0 Å². The predicted octanol–water partition coefficient (Wildman–Crippen LogP) is 1.84. The highest BCUT2D eigenvalue weighted by atomic mass is 35.5. The smallest absolute Gasteiger partial charge is 0.227 e. The zero-order chi connectivity index (χ0) is 15.1. The Balaban J connectivity index is 0.00000242. The van der Waals surface area contributed by atoms with Crippen molar-refractivity contribution in [2.75, 3.05) is 51.7 Å². The first kappa shape index (κ1) is 22.0. The van der Waals surface area contributed by atoms with Crippen molar-refractivity contribution in [2.24, 2.45) is 0 Å². The molecule has 132 valence electrons. The molecule has 7 heteroatoms. The first-order chi connectivity index (χ1) is 10.2. The van der Waals surface area contributed by atoms with Gasteiger partial charge < -0.3 is 15.4 Å². The number of ether oxygens (including phenoxy) is 1. The number of nitrogens with zero attached hydrogens (tertiary/aromatic N) is 2. The van der Waals surface area contributed by atoms with Crippen molar-refractivity contribution in [3.05, 3.63) is 29.8 Å². The Hall–Kier alpha value is -1.01. The number of carbonyl (C=O) groups excluding carboxylic acids is 1. The first-order valence-corrected chi connectivity index (χ1v) is 7.61. The van der Waals surface area contributed by atoms with Gasteiger partial charge in [0.1, 0.15) is 0 Å². The number of hydrogen-bond acceptors (Lipinski definition) is 4. The Kier molecular flexibility index (Phi) is 11.0. The maximum atomic E-state index is 12.3. The minimum Gasteiger partial charge on any atom is -0.399 e. The average Bonchev–Trinajstić information content (AvgIpc) is 2.50. The summed E-state index contributed by atoms with van der Waals surface area (Å²) < 4.78 is 5.37. The molecule has 1 heterocycles. The van der Waals surface area contributed by atoms with Crippen LogP contribution < -0.4 is 5.73 Å². The quantitative estimate of drug-likeness (QED) is 0.618. The number of benzene rings is 1. The van der Waals surface area contributed by atoms with Crippen molar-refractivity contribution >= 4 is 36.4 Å². The standard InChI is InChI=1S/C16H25N3O2.2ClH/c1-2-21-12-11-18-7-9-19(10-8-18)16(20)13-14-3-5-15(17)6-4-14;;/h3-6H,2,7-13,17H2,1H3;2*1H. The van der Waals surface area contributed by atoms with Gasteiger partial charge >= 0.3 is 0 Å². The van der Waals surface area contributed by atoms with Gasteiger partial charge in [-0.2, -0.15) is 0 Å². The molecular weight excluding hydrogens is 337 g/mol. The summed E-state index contributed by atoms with van der Waals surface area (Å²) in [6, 6.07) is 7.53. The number of hydrogen-bond donors (Lipinski definition) is 1. The number of halogens is 2. The van der Waals surface area contributed by atoms with E-state index in [1.165, 1.54) is 0 Å². The molecule has 23 heavy (non-hydrogen) atoms. The highest BCUT2D eigenvalue weighted by Crippen LogP contribution is 2.09. The zero-order valence-electron chi connectivity index (χ0n) is 13.6. The fourth-order valence-corrected chi connectivity index (χ4v) is 2.48. The molecular formula is C16H27Cl2N3O2. The van der Waals surface area contributed by atoms with Crippen LogP contribution in [0.5, 0.6) is 0 Å². The summed E-state index contributed by atoms with van der Waals surface area (Å²) in [7, 11) is 0. The maximum Gasteiger partial charge on any atom is 0.227 e. The molecule has 0 spiro atoms. The highest BCUT2D eigenvalue weighted by molar-refractivity contribution is 5.85. The van der Waals surface area contributed by atoms with Gasteiger partial charge in [0, 0.05) is 45.0 Å². The molecule has 0 unspecified atom stereocenters. The minimum absolute atomic E-state index is 0. The summed E-state index contributed by atoms with van der Waals surface area (Å²) in [4.78, 5) is 16.6. The summed E-state index contributed by atoms with van der Waals surface area (Å²) in [6.07, 6.45) is 0.458. The molecule has 0 atom stereocenters. The Morgan fingerprint density at radius 3 is 2.30 bits per heavy atom. The summed E-state index contributed by atoms with van der Waals surface area (Å²) in [5.74, 6) is 0.198. The number of nitrogen functional groups attached to an aromatic ring is 1. The lowest BCUT2D eigenvalue weighted by Crippen LogP contribution is -2.49. The predicted molar refractivity (Wildman–Crippen MR) is 98.6 cm³/mol. The van der Waals surface area contributed by atoms with Gasteiger partial charge in [-0.3, -0.25) is 9.69 Å². The van der Waals surface area contributed by atoms with Gasteiger partial charge in [-0.05, 0) is 24.6 Å². The van der Waals surface area contributed by atoms with Crippen molar-refractivity contribution in [1.82, 2.24) is 9.80 Å². The van der Waals surface area contributed by atoms with E-state index >= 15 is 0 Å². The van der Waals surface area contributed by atoms with Crippen LogP contribution in [-0.4, -0.2) is 61.6 Å². The molecule has 1 amide bonds. The van der Waals surface area contributed by atoms with Gasteiger partial charge in [-0.1, -0.05) is 12.1 Å². The normalized spacial score (nSPS) is 14.7. The molecule has 1 aliphatic rings.